The molecule has 5 heterocycles. The number of rotatable bonds is 7. The minimum atomic E-state index is -3.15. The van der Waals surface area contributed by atoms with Crippen LogP contribution >= 0.6 is 11.6 Å². The number of aromatic nitrogens is 6. The molecule has 5 rings (SSSR count). The number of cyclic esters (lactones) is 1. The van der Waals surface area contributed by atoms with Crippen molar-refractivity contribution >= 4 is 34.8 Å². The van der Waals surface area contributed by atoms with Crippen molar-refractivity contribution in [3.63, 3.8) is 0 Å². The highest BCUT2D eigenvalue weighted by molar-refractivity contribution is 6.30. The van der Waals surface area contributed by atoms with Crippen LogP contribution in [0.1, 0.15) is 23.2 Å². The lowest BCUT2D eigenvalue weighted by Gasteiger charge is -2.10. The molecule has 1 N–H and O–H groups in total. The number of carbonyl (C=O) groups is 2. The monoisotopic (exact) mass is 503 g/mol. The molecule has 1 saturated heterocycles. The van der Waals surface area contributed by atoms with Gasteiger partial charge in [0.2, 0.25) is 5.88 Å². The lowest BCUT2D eigenvalue weighted by molar-refractivity contribution is -0.141. The molecule has 1 aliphatic heterocycles. The third-order valence-corrected chi connectivity index (χ3v) is 5.37. The van der Waals surface area contributed by atoms with Crippen molar-refractivity contribution in [2.75, 3.05) is 5.32 Å². The maximum Gasteiger partial charge on any atom is 0.388 e. The van der Waals surface area contributed by atoms with Crippen molar-refractivity contribution in [3.05, 3.63) is 53.7 Å². The summed E-state index contributed by atoms with van der Waals surface area (Å²) in [6, 6.07) is 3.01. The molecule has 0 aliphatic carbocycles. The van der Waals surface area contributed by atoms with Gasteiger partial charge in [-0.1, -0.05) is 11.6 Å². The number of esters is 1. The number of carbonyl (C=O) groups excluding carboxylic acids is 2. The molecule has 14 heteroatoms. The molecule has 1 unspecified atom stereocenters. The molecular weight excluding hydrogens is 488 g/mol. The molecule has 1 atom stereocenters. The molecule has 35 heavy (non-hydrogen) atoms. The van der Waals surface area contributed by atoms with E-state index in [0.717, 1.165) is 6.20 Å². The molecule has 0 bridgehead atoms. The summed E-state index contributed by atoms with van der Waals surface area (Å²) in [6.07, 6.45) is 7.52. The highest BCUT2D eigenvalue weighted by Crippen LogP contribution is 2.36. The van der Waals surface area contributed by atoms with E-state index in [1.165, 1.54) is 33.9 Å². The summed E-state index contributed by atoms with van der Waals surface area (Å²) >= 11 is 6.06. The first-order chi connectivity index (χ1) is 16.9. The normalized spacial score (nSPS) is 15.5. The van der Waals surface area contributed by atoms with E-state index in [2.05, 4.69) is 30.2 Å². The van der Waals surface area contributed by atoms with Crippen molar-refractivity contribution in [1.82, 2.24) is 29.4 Å². The van der Waals surface area contributed by atoms with E-state index in [9.17, 15) is 18.4 Å². The molecular formula is C21H16ClF2N7O4. The van der Waals surface area contributed by atoms with Crippen LogP contribution in [0.4, 0.5) is 14.5 Å². The highest BCUT2D eigenvalue weighted by atomic mass is 35.5. The number of anilines is 1. The van der Waals surface area contributed by atoms with Gasteiger partial charge in [-0.25, -0.2) is 14.5 Å². The van der Waals surface area contributed by atoms with Gasteiger partial charge in [0.15, 0.2) is 5.65 Å². The van der Waals surface area contributed by atoms with Gasteiger partial charge in [-0.3, -0.25) is 14.3 Å². The zero-order valence-electron chi connectivity index (χ0n) is 17.8. The van der Waals surface area contributed by atoms with E-state index in [4.69, 9.17) is 16.3 Å². The Morgan fingerprint density at radius 2 is 2.20 bits per heavy atom. The highest BCUT2D eigenvalue weighted by Gasteiger charge is 2.27. The number of hydrogen-bond acceptors (Lipinski definition) is 8. The van der Waals surface area contributed by atoms with Gasteiger partial charge in [0.25, 0.3) is 5.91 Å². The van der Waals surface area contributed by atoms with Crippen molar-refractivity contribution in [2.45, 2.75) is 32.1 Å². The maximum atomic E-state index is 13.1. The zero-order chi connectivity index (χ0) is 24.5. The van der Waals surface area contributed by atoms with E-state index >= 15 is 0 Å². The summed E-state index contributed by atoms with van der Waals surface area (Å²) in [7, 11) is 0. The van der Waals surface area contributed by atoms with Gasteiger partial charge in [-0.05, 0) is 18.6 Å². The molecule has 11 nitrogen and oxygen atoms in total. The second-order valence-corrected chi connectivity index (χ2v) is 7.99. The fourth-order valence-corrected chi connectivity index (χ4v) is 3.83. The Labute approximate surface area is 200 Å². The second-order valence-electron chi connectivity index (χ2n) is 7.55. The number of hydrogen-bond donors (Lipinski definition) is 1. The molecule has 1 fully saturated rings. The minimum absolute atomic E-state index is 0.0354. The Kier molecular flexibility index (Phi) is 5.99. The molecule has 0 aromatic carbocycles. The topological polar surface area (TPSA) is 126 Å². The van der Waals surface area contributed by atoms with Crippen LogP contribution in [0.2, 0.25) is 5.02 Å². The van der Waals surface area contributed by atoms with Gasteiger partial charge >= 0.3 is 12.6 Å². The number of halogens is 3. The standard InChI is InChI=1S/C21H16ClF2N7O4/c22-11-6-13(20(26-7-11)35-21(23)24)17-15(10-30(29-17)9-12-2-3-16(32)34-12)28-19(33)14-8-27-31-5-1-4-25-18(14)31/h1,4-8,10,12,21H,2-3,9H2,(H,28,33). The van der Waals surface area contributed by atoms with Crippen LogP contribution in [0.3, 0.4) is 0 Å². The zero-order valence-corrected chi connectivity index (χ0v) is 18.5. The molecule has 1 amide bonds. The Morgan fingerprint density at radius 3 is 2.97 bits per heavy atom. The molecule has 0 spiro atoms. The van der Waals surface area contributed by atoms with Crippen LogP contribution in [-0.2, 0) is 16.1 Å². The first kappa shape index (κ1) is 22.7. The second kappa shape index (κ2) is 9.25. The maximum absolute atomic E-state index is 13.1. The van der Waals surface area contributed by atoms with E-state index < -0.39 is 24.5 Å². The average molecular weight is 504 g/mol. The van der Waals surface area contributed by atoms with E-state index in [-0.39, 0.29) is 46.5 Å². The number of amides is 1. The predicted octanol–water partition coefficient (Wildman–Crippen LogP) is 3.20. The average Bonchev–Trinajstić information content (AvgIpc) is 3.53. The third-order valence-electron chi connectivity index (χ3n) is 5.17. The largest absolute Gasteiger partial charge is 0.460 e. The number of nitrogens with zero attached hydrogens (tertiary/aromatic N) is 6. The van der Waals surface area contributed by atoms with E-state index in [1.54, 1.807) is 12.3 Å². The van der Waals surface area contributed by atoms with Crippen LogP contribution in [-0.4, -0.2) is 54.0 Å². The molecule has 180 valence electrons. The summed E-state index contributed by atoms with van der Waals surface area (Å²) in [5.74, 6) is -1.30. The number of alkyl halides is 2. The Bertz CT molecular complexity index is 1420. The molecule has 0 saturated carbocycles. The minimum Gasteiger partial charge on any atom is -0.460 e. The lowest BCUT2D eigenvalue weighted by Crippen LogP contribution is -2.16. The smallest absolute Gasteiger partial charge is 0.388 e. The number of ether oxygens (including phenoxy) is 2. The van der Waals surface area contributed by atoms with Crippen LogP contribution in [0.15, 0.2) is 43.1 Å². The van der Waals surface area contributed by atoms with Gasteiger partial charge < -0.3 is 14.8 Å². The van der Waals surface area contributed by atoms with Gasteiger partial charge in [0.1, 0.15) is 17.4 Å². The molecule has 4 aromatic heterocycles. The molecule has 1 aliphatic rings. The Morgan fingerprint density at radius 1 is 1.34 bits per heavy atom. The van der Waals surface area contributed by atoms with Crippen LogP contribution in [0.5, 0.6) is 5.88 Å². The van der Waals surface area contributed by atoms with Crippen molar-refractivity contribution in [2.24, 2.45) is 0 Å². The molecule has 0 radical (unpaired) electrons. The van der Waals surface area contributed by atoms with Crippen molar-refractivity contribution in [3.8, 4) is 17.1 Å². The fraction of sp³-hybridized carbons (Fsp3) is 0.238. The van der Waals surface area contributed by atoms with Gasteiger partial charge in [0.05, 0.1) is 29.0 Å². The number of pyridine rings is 1. The first-order valence-corrected chi connectivity index (χ1v) is 10.7. The quantitative estimate of drug-likeness (QED) is 0.381. The summed E-state index contributed by atoms with van der Waals surface area (Å²) < 4.78 is 38.7. The Balaban J connectivity index is 1.53. The Hall–Kier alpha value is -4.13. The SMILES string of the molecule is O=C1CCC(Cn2cc(NC(=O)c3cnn4cccnc34)c(-c3cc(Cl)cnc3OC(F)F)n2)O1. The number of fused-ring (bicyclic) bond motifs is 1. The van der Waals surface area contributed by atoms with Crippen LogP contribution < -0.4 is 10.1 Å². The third kappa shape index (κ3) is 4.75. The number of nitrogens with one attached hydrogen (secondary N) is 1. The van der Waals surface area contributed by atoms with Gasteiger partial charge in [0, 0.05) is 31.2 Å². The lowest BCUT2D eigenvalue weighted by atomic mass is 10.1. The van der Waals surface area contributed by atoms with E-state index in [0.29, 0.717) is 12.1 Å². The molecule has 4 aromatic rings. The summed E-state index contributed by atoms with van der Waals surface area (Å²) in [5, 5.41) is 11.4. The van der Waals surface area contributed by atoms with Crippen LogP contribution in [0, 0.1) is 0 Å². The fourth-order valence-electron chi connectivity index (χ4n) is 3.68. The van der Waals surface area contributed by atoms with Crippen LogP contribution in [0.25, 0.3) is 16.9 Å². The van der Waals surface area contributed by atoms with Gasteiger partial charge in [-0.15, -0.1) is 0 Å². The van der Waals surface area contributed by atoms with E-state index in [1.807, 2.05) is 0 Å². The summed E-state index contributed by atoms with van der Waals surface area (Å²) in [5.41, 5.74) is 0.786. The predicted molar refractivity (Wildman–Crippen MR) is 117 cm³/mol. The first-order valence-electron chi connectivity index (χ1n) is 10.3. The summed E-state index contributed by atoms with van der Waals surface area (Å²) in [6.45, 7) is -2.96. The van der Waals surface area contributed by atoms with Gasteiger partial charge in [-0.2, -0.15) is 19.0 Å². The summed E-state index contributed by atoms with van der Waals surface area (Å²) in [4.78, 5) is 32.6. The van der Waals surface area contributed by atoms with Crippen molar-refractivity contribution in [1.29, 1.82) is 0 Å². The van der Waals surface area contributed by atoms with Crippen molar-refractivity contribution < 1.29 is 27.8 Å².